The maximum absolute atomic E-state index is 12.5. The Kier molecular flexibility index (Phi) is 4.13. The Hall–Kier alpha value is -1.43. The molecule has 0 N–H and O–H groups in total. The molecule has 0 spiro atoms. The van der Waals surface area contributed by atoms with Gasteiger partial charge in [0.2, 0.25) is 0 Å². The van der Waals surface area contributed by atoms with Gasteiger partial charge in [-0.15, -0.1) is 0 Å². The third kappa shape index (κ3) is 3.36. The molecule has 0 saturated heterocycles. The number of hydrogen-bond acceptors (Lipinski definition) is 2. The van der Waals surface area contributed by atoms with Crippen molar-refractivity contribution in [2.24, 2.45) is 0 Å². The molecule has 1 heterocycles. The molecular weight excluding hydrogens is 333 g/mol. The molecule has 0 amide bonds. The van der Waals surface area contributed by atoms with Gasteiger partial charge in [0.1, 0.15) is 10.4 Å². The van der Waals surface area contributed by atoms with E-state index in [1.54, 1.807) is 6.07 Å². The molecule has 0 bridgehead atoms. The van der Waals surface area contributed by atoms with Gasteiger partial charge in [0.05, 0.1) is 11.3 Å². The normalized spacial score (nSPS) is 11.9. The standard InChI is InChI=1S/C14H12BrF3N2/c1-8(2)13-19-11(7-12(15)20-13)9-3-5-10(6-4-9)14(16,17)18/h3-8H,1-2H3. The van der Waals surface area contributed by atoms with Gasteiger partial charge in [0.15, 0.2) is 0 Å². The molecule has 0 aliphatic rings. The molecule has 0 aliphatic carbocycles. The van der Waals surface area contributed by atoms with E-state index in [0.717, 1.165) is 12.1 Å². The first kappa shape index (κ1) is 15.0. The van der Waals surface area contributed by atoms with Gasteiger partial charge in [-0.3, -0.25) is 0 Å². The van der Waals surface area contributed by atoms with E-state index >= 15 is 0 Å². The summed E-state index contributed by atoms with van der Waals surface area (Å²) in [6, 6.07) is 6.64. The minimum Gasteiger partial charge on any atom is -0.233 e. The fourth-order valence-corrected chi connectivity index (χ4v) is 2.07. The van der Waals surface area contributed by atoms with Crippen molar-refractivity contribution in [3.63, 3.8) is 0 Å². The van der Waals surface area contributed by atoms with Crippen molar-refractivity contribution < 1.29 is 13.2 Å². The summed E-state index contributed by atoms with van der Waals surface area (Å²) in [6.07, 6.45) is -4.33. The number of halogens is 4. The Morgan fingerprint density at radius 1 is 1.05 bits per heavy atom. The molecule has 0 radical (unpaired) electrons. The summed E-state index contributed by atoms with van der Waals surface area (Å²) in [6.45, 7) is 3.91. The first-order valence-electron chi connectivity index (χ1n) is 5.99. The Morgan fingerprint density at radius 3 is 2.15 bits per heavy atom. The molecule has 0 aliphatic heterocycles. The van der Waals surface area contributed by atoms with Crippen LogP contribution in [0.2, 0.25) is 0 Å². The van der Waals surface area contributed by atoms with Crippen LogP contribution in [-0.2, 0) is 6.18 Å². The molecule has 0 atom stereocenters. The highest BCUT2D eigenvalue weighted by molar-refractivity contribution is 9.10. The lowest BCUT2D eigenvalue weighted by molar-refractivity contribution is -0.137. The summed E-state index contributed by atoms with van der Waals surface area (Å²) in [4.78, 5) is 8.61. The van der Waals surface area contributed by atoms with E-state index < -0.39 is 11.7 Å². The van der Waals surface area contributed by atoms with Crippen molar-refractivity contribution in [2.45, 2.75) is 25.9 Å². The maximum atomic E-state index is 12.5. The third-order valence-corrected chi connectivity index (χ3v) is 3.14. The number of alkyl halides is 3. The summed E-state index contributed by atoms with van der Waals surface area (Å²) in [5.74, 6) is 0.787. The maximum Gasteiger partial charge on any atom is 0.416 e. The van der Waals surface area contributed by atoms with E-state index in [-0.39, 0.29) is 5.92 Å². The number of aromatic nitrogens is 2. The molecule has 2 aromatic rings. The molecule has 6 heteroatoms. The van der Waals surface area contributed by atoms with Crippen LogP contribution in [0.25, 0.3) is 11.3 Å². The van der Waals surface area contributed by atoms with Gasteiger partial charge in [-0.05, 0) is 34.1 Å². The van der Waals surface area contributed by atoms with Gasteiger partial charge in [0.25, 0.3) is 0 Å². The van der Waals surface area contributed by atoms with Crippen LogP contribution in [0, 0.1) is 0 Å². The predicted octanol–water partition coefficient (Wildman–Crippen LogP) is 5.05. The van der Waals surface area contributed by atoms with Crippen LogP contribution < -0.4 is 0 Å². The van der Waals surface area contributed by atoms with Crippen LogP contribution in [0.5, 0.6) is 0 Å². The number of nitrogens with zero attached hydrogens (tertiary/aromatic N) is 2. The van der Waals surface area contributed by atoms with Crippen LogP contribution in [-0.4, -0.2) is 9.97 Å². The average Bonchev–Trinajstić information content (AvgIpc) is 2.37. The van der Waals surface area contributed by atoms with Crippen molar-refractivity contribution in [1.82, 2.24) is 9.97 Å². The first-order chi connectivity index (χ1) is 9.27. The highest BCUT2D eigenvalue weighted by Crippen LogP contribution is 2.31. The molecule has 106 valence electrons. The quantitative estimate of drug-likeness (QED) is 0.712. The zero-order valence-corrected chi connectivity index (χ0v) is 12.5. The van der Waals surface area contributed by atoms with Gasteiger partial charge in [-0.2, -0.15) is 13.2 Å². The van der Waals surface area contributed by atoms with Crippen LogP contribution >= 0.6 is 15.9 Å². The van der Waals surface area contributed by atoms with Gasteiger partial charge in [-0.25, -0.2) is 9.97 Å². The predicted molar refractivity (Wildman–Crippen MR) is 74.3 cm³/mol. The van der Waals surface area contributed by atoms with Gasteiger partial charge >= 0.3 is 6.18 Å². The average molecular weight is 345 g/mol. The molecule has 0 unspecified atom stereocenters. The van der Waals surface area contributed by atoms with E-state index in [1.165, 1.54) is 12.1 Å². The summed E-state index contributed by atoms with van der Waals surface area (Å²) >= 11 is 3.29. The highest BCUT2D eigenvalue weighted by Gasteiger charge is 2.30. The fourth-order valence-electron chi connectivity index (χ4n) is 1.67. The highest BCUT2D eigenvalue weighted by atomic mass is 79.9. The Labute approximate surface area is 123 Å². The largest absolute Gasteiger partial charge is 0.416 e. The van der Waals surface area contributed by atoms with Crippen molar-refractivity contribution in [2.75, 3.05) is 0 Å². The lowest BCUT2D eigenvalue weighted by atomic mass is 10.1. The number of rotatable bonds is 2. The van der Waals surface area contributed by atoms with Crippen LogP contribution in [0.4, 0.5) is 13.2 Å². The van der Waals surface area contributed by atoms with E-state index in [2.05, 4.69) is 25.9 Å². The van der Waals surface area contributed by atoms with Gasteiger partial charge < -0.3 is 0 Å². The molecule has 0 fully saturated rings. The molecular formula is C14H12BrF3N2. The zero-order valence-electron chi connectivity index (χ0n) is 10.9. The summed E-state index contributed by atoms with van der Waals surface area (Å²) in [7, 11) is 0. The Bertz CT molecular complexity index is 607. The van der Waals surface area contributed by atoms with Crippen molar-refractivity contribution in [3.05, 3.63) is 46.3 Å². The summed E-state index contributed by atoms with van der Waals surface area (Å²) in [5.41, 5.74) is 0.561. The summed E-state index contributed by atoms with van der Waals surface area (Å²) in [5, 5.41) is 0. The van der Waals surface area contributed by atoms with Crippen molar-refractivity contribution >= 4 is 15.9 Å². The van der Waals surface area contributed by atoms with E-state index in [0.29, 0.717) is 21.7 Å². The third-order valence-electron chi connectivity index (χ3n) is 2.74. The minimum absolute atomic E-state index is 0.140. The van der Waals surface area contributed by atoms with E-state index in [9.17, 15) is 13.2 Å². The molecule has 1 aromatic heterocycles. The monoisotopic (exact) mass is 344 g/mol. The van der Waals surface area contributed by atoms with E-state index in [4.69, 9.17) is 0 Å². The smallest absolute Gasteiger partial charge is 0.233 e. The lowest BCUT2D eigenvalue weighted by Crippen LogP contribution is -2.04. The molecule has 0 saturated carbocycles. The summed E-state index contributed by atoms with van der Waals surface area (Å²) < 4.78 is 38.2. The fraction of sp³-hybridized carbons (Fsp3) is 0.286. The second-order valence-electron chi connectivity index (χ2n) is 4.66. The van der Waals surface area contributed by atoms with E-state index in [1.807, 2.05) is 13.8 Å². The number of hydrogen-bond donors (Lipinski definition) is 0. The molecule has 20 heavy (non-hydrogen) atoms. The Morgan fingerprint density at radius 2 is 1.65 bits per heavy atom. The van der Waals surface area contributed by atoms with Gasteiger partial charge in [-0.1, -0.05) is 26.0 Å². The SMILES string of the molecule is CC(C)c1nc(Br)cc(-c2ccc(C(F)(F)F)cc2)n1. The van der Waals surface area contributed by atoms with Crippen molar-refractivity contribution in [1.29, 1.82) is 0 Å². The molecule has 1 aromatic carbocycles. The van der Waals surface area contributed by atoms with Crippen LogP contribution in [0.1, 0.15) is 31.2 Å². The molecule has 2 rings (SSSR count). The second kappa shape index (κ2) is 5.52. The topological polar surface area (TPSA) is 25.8 Å². The van der Waals surface area contributed by atoms with Crippen LogP contribution in [0.3, 0.4) is 0 Å². The Balaban J connectivity index is 2.41. The number of benzene rings is 1. The van der Waals surface area contributed by atoms with Crippen LogP contribution in [0.15, 0.2) is 34.9 Å². The molecule has 2 nitrogen and oxygen atoms in total. The van der Waals surface area contributed by atoms with Crippen molar-refractivity contribution in [3.8, 4) is 11.3 Å². The van der Waals surface area contributed by atoms with Gasteiger partial charge in [0, 0.05) is 11.5 Å². The lowest BCUT2D eigenvalue weighted by Gasteiger charge is -2.09. The second-order valence-corrected chi connectivity index (χ2v) is 5.48. The minimum atomic E-state index is -4.33. The first-order valence-corrected chi connectivity index (χ1v) is 6.79. The zero-order chi connectivity index (χ0) is 14.9.